The second-order valence-electron chi connectivity index (χ2n) is 5.45. The summed E-state index contributed by atoms with van der Waals surface area (Å²) in [5.41, 5.74) is 7.38. The highest BCUT2D eigenvalue weighted by Crippen LogP contribution is 2.38. The molecule has 3 rings (SSSR count). The van der Waals surface area contributed by atoms with E-state index in [1.165, 1.54) is 11.3 Å². The van der Waals surface area contributed by atoms with Gasteiger partial charge in [-0.2, -0.15) is 0 Å². The summed E-state index contributed by atoms with van der Waals surface area (Å²) in [6.07, 6.45) is 3.47. The first-order valence-electron chi connectivity index (χ1n) is 7.50. The van der Waals surface area contributed by atoms with Crippen LogP contribution in [-0.4, -0.2) is 24.7 Å². The van der Waals surface area contributed by atoms with Crippen LogP contribution in [0.25, 0.3) is 0 Å². The molecule has 0 saturated carbocycles. The van der Waals surface area contributed by atoms with Crippen molar-refractivity contribution in [1.82, 2.24) is 0 Å². The first-order chi connectivity index (χ1) is 11.6. The summed E-state index contributed by atoms with van der Waals surface area (Å²) in [6, 6.07) is 6.45. The van der Waals surface area contributed by atoms with Crippen molar-refractivity contribution in [3.05, 3.63) is 45.8 Å². The second-order valence-corrected chi connectivity index (χ2v) is 6.55. The summed E-state index contributed by atoms with van der Waals surface area (Å²) >= 11 is 1.40. The Morgan fingerprint density at radius 1 is 1.25 bits per heavy atom. The molecule has 0 spiro atoms. The molecule has 0 aliphatic heterocycles. The fourth-order valence-corrected chi connectivity index (χ4v) is 4.02. The molecule has 0 bridgehead atoms. The highest BCUT2D eigenvalue weighted by atomic mass is 32.1. The third-order valence-corrected chi connectivity index (χ3v) is 5.01. The fraction of sp³-hybridized carbons (Fsp3) is 0.235. The van der Waals surface area contributed by atoms with Gasteiger partial charge in [-0.15, -0.1) is 11.3 Å². The zero-order valence-electron chi connectivity index (χ0n) is 12.8. The van der Waals surface area contributed by atoms with Crippen molar-refractivity contribution in [2.24, 2.45) is 5.73 Å². The number of aryl methyl sites for hydroxylation is 1. The zero-order valence-corrected chi connectivity index (χ0v) is 13.7. The van der Waals surface area contributed by atoms with Crippen LogP contribution in [0.15, 0.2) is 24.3 Å². The maximum atomic E-state index is 12.1. The molecule has 7 heteroatoms. The number of nitrogens with two attached hydrogens (primary N) is 1. The fourth-order valence-electron chi connectivity index (χ4n) is 2.71. The first kappa shape index (κ1) is 16.2. The highest BCUT2D eigenvalue weighted by molar-refractivity contribution is 7.17. The van der Waals surface area contributed by atoms with Gasteiger partial charge in [0.1, 0.15) is 17.0 Å². The molecule has 1 aliphatic carbocycles. The zero-order chi connectivity index (χ0) is 17.1. The molecule has 1 heterocycles. The van der Waals surface area contributed by atoms with Crippen molar-refractivity contribution in [3.8, 4) is 5.75 Å². The molecule has 1 aliphatic rings. The third-order valence-electron chi connectivity index (χ3n) is 3.81. The summed E-state index contributed by atoms with van der Waals surface area (Å²) in [5.74, 6) is -0.397. The molecule has 3 N–H and O–H groups in total. The van der Waals surface area contributed by atoms with E-state index in [1.54, 1.807) is 24.3 Å². The van der Waals surface area contributed by atoms with Gasteiger partial charge in [0.15, 0.2) is 6.61 Å². The number of primary amides is 1. The molecule has 1 aromatic heterocycles. The number of carbonyl (C=O) groups is 3. The van der Waals surface area contributed by atoms with Crippen LogP contribution >= 0.6 is 11.3 Å². The lowest BCUT2D eigenvalue weighted by molar-refractivity contribution is -0.118. The van der Waals surface area contributed by atoms with Crippen LogP contribution in [0.3, 0.4) is 0 Å². The minimum absolute atomic E-state index is 0.193. The lowest BCUT2D eigenvalue weighted by atomic mass is 10.1. The molecule has 2 amide bonds. The van der Waals surface area contributed by atoms with Gasteiger partial charge in [0.2, 0.25) is 0 Å². The molecular weight excluding hydrogens is 328 g/mol. The molecular formula is C17H16N2O4S. The van der Waals surface area contributed by atoms with Gasteiger partial charge in [0.05, 0.1) is 5.56 Å². The van der Waals surface area contributed by atoms with Crippen LogP contribution < -0.4 is 15.8 Å². The Bertz CT molecular complexity index is 796. The van der Waals surface area contributed by atoms with E-state index < -0.39 is 5.91 Å². The van der Waals surface area contributed by atoms with E-state index in [2.05, 4.69) is 5.32 Å². The topological polar surface area (TPSA) is 98.5 Å². The maximum Gasteiger partial charge on any atom is 0.262 e. The Morgan fingerprint density at radius 3 is 2.67 bits per heavy atom. The van der Waals surface area contributed by atoms with Crippen molar-refractivity contribution < 1.29 is 19.1 Å². The number of thiophene rings is 1. The standard InChI is InChI=1S/C17H16N2O4S/c18-16(22)15-12-2-1-3-13(12)24-17(15)19-14(21)9-23-11-6-4-10(8-20)5-7-11/h4-8H,1-3,9H2,(H2,18,22)(H,19,21). The van der Waals surface area contributed by atoms with E-state index in [-0.39, 0.29) is 12.5 Å². The quantitative estimate of drug-likeness (QED) is 0.785. The molecule has 0 unspecified atom stereocenters. The third kappa shape index (κ3) is 3.30. The Morgan fingerprint density at radius 2 is 2.00 bits per heavy atom. The number of hydrogen-bond acceptors (Lipinski definition) is 5. The van der Waals surface area contributed by atoms with Crippen LogP contribution in [-0.2, 0) is 17.6 Å². The van der Waals surface area contributed by atoms with E-state index in [0.29, 0.717) is 21.9 Å². The Kier molecular flexibility index (Phi) is 4.61. The molecule has 0 radical (unpaired) electrons. The van der Waals surface area contributed by atoms with Gasteiger partial charge in [0, 0.05) is 10.4 Å². The van der Waals surface area contributed by atoms with Gasteiger partial charge < -0.3 is 15.8 Å². The SMILES string of the molecule is NC(=O)c1c(NC(=O)COc2ccc(C=O)cc2)sc2c1CCC2. The Labute approximate surface area is 142 Å². The minimum atomic E-state index is -0.518. The summed E-state index contributed by atoms with van der Waals surface area (Å²) in [5, 5.41) is 3.21. The summed E-state index contributed by atoms with van der Waals surface area (Å²) in [6.45, 7) is -0.193. The molecule has 124 valence electrons. The number of carbonyl (C=O) groups excluding carboxylic acids is 3. The number of amides is 2. The molecule has 0 atom stereocenters. The monoisotopic (exact) mass is 344 g/mol. The summed E-state index contributed by atoms with van der Waals surface area (Å²) in [7, 11) is 0. The van der Waals surface area contributed by atoms with Gasteiger partial charge in [-0.1, -0.05) is 0 Å². The number of hydrogen-bond donors (Lipinski definition) is 2. The van der Waals surface area contributed by atoms with E-state index in [9.17, 15) is 14.4 Å². The lowest BCUT2D eigenvalue weighted by Gasteiger charge is -2.08. The van der Waals surface area contributed by atoms with Crippen LogP contribution in [0.5, 0.6) is 5.75 Å². The molecule has 2 aromatic rings. The molecule has 24 heavy (non-hydrogen) atoms. The smallest absolute Gasteiger partial charge is 0.262 e. The lowest BCUT2D eigenvalue weighted by Crippen LogP contribution is -2.22. The van der Waals surface area contributed by atoms with Crippen LogP contribution in [0, 0.1) is 0 Å². The Hall–Kier alpha value is -2.67. The number of aldehydes is 1. The van der Waals surface area contributed by atoms with Crippen LogP contribution in [0.2, 0.25) is 0 Å². The van der Waals surface area contributed by atoms with E-state index in [1.807, 2.05) is 0 Å². The van der Waals surface area contributed by atoms with E-state index >= 15 is 0 Å². The first-order valence-corrected chi connectivity index (χ1v) is 8.32. The predicted molar refractivity (Wildman–Crippen MR) is 90.8 cm³/mol. The van der Waals surface area contributed by atoms with E-state index in [0.717, 1.165) is 36.0 Å². The number of benzene rings is 1. The molecule has 0 saturated heterocycles. The molecule has 6 nitrogen and oxygen atoms in total. The van der Waals surface area contributed by atoms with Gasteiger partial charge in [0.25, 0.3) is 11.8 Å². The predicted octanol–water partition coefficient (Wildman–Crippen LogP) is 2.17. The van der Waals surface area contributed by atoms with Crippen LogP contribution in [0.4, 0.5) is 5.00 Å². The summed E-state index contributed by atoms with van der Waals surface area (Å²) < 4.78 is 5.38. The number of rotatable bonds is 6. The largest absolute Gasteiger partial charge is 0.484 e. The average Bonchev–Trinajstić information content (AvgIpc) is 3.13. The molecule has 0 fully saturated rings. The normalized spacial score (nSPS) is 12.5. The number of ether oxygens (including phenoxy) is 1. The highest BCUT2D eigenvalue weighted by Gasteiger charge is 2.26. The van der Waals surface area contributed by atoms with Crippen molar-refractivity contribution >= 4 is 34.4 Å². The number of anilines is 1. The number of fused-ring (bicyclic) bond motifs is 1. The van der Waals surface area contributed by atoms with Crippen molar-refractivity contribution in [3.63, 3.8) is 0 Å². The van der Waals surface area contributed by atoms with Crippen molar-refractivity contribution in [1.29, 1.82) is 0 Å². The van der Waals surface area contributed by atoms with Crippen molar-refractivity contribution in [2.75, 3.05) is 11.9 Å². The van der Waals surface area contributed by atoms with Gasteiger partial charge in [-0.25, -0.2) is 0 Å². The van der Waals surface area contributed by atoms with Gasteiger partial charge in [-0.3, -0.25) is 14.4 Å². The van der Waals surface area contributed by atoms with Gasteiger partial charge >= 0.3 is 0 Å². The number of nitrogens with one attached hydrogen (secondary N) is 1. The second kappa shape index (κ2) is 6.84. The Balaban J connectivity index is 1.64. The van der Waals surface area contributed by atoms with E-state index in [4.69, 9.17) is 10.5 Å². The minimum Gasteiger partial charge on any atom is -0.484 e. The average molecular weight is 344 g/mol. The summed E-state index contributed by atoms with van der Waals surface area (Å²) in [4.78, 5) is 35.5. The molecule has 1 aromatic carbocycles. The van der Waals surface area contributed by atoms with Crippen molar-refractivity contribution in [2.45, 2.75) is 19.3 Å². The van der Waals surface area contributed by atoms with Gasteiger partial charge in [-0.05, 0) is 49.1 Å². The van der Waals surface area contributed by atoms with Crippen LogP contribution in [0.1, 0.15) is 37.6 Å². The maximum absolute atomic E-state index is 12.1.